The van der Waals surface area contributed by atoms with Crippen LogP contribution in [0.2, 0.25) is 0 Å². The fourth-order valence-corrected chi connectivity index (χ4v) is 1.40. The summed E-state index contributed by atoms with van der Waals surface area (Å²) in [7, 11) is 0. The fraction of sp³-hybridized carbons (Fsp3) is 0.182. The SMILES string of the molecule is C1=CCCC(c2cccnc2)=C1. The molecule has 0 amide bonds. The van der Waals surface area contributed by atoms with Crippen LogP contribution in [0.4, 0.5) is 0 Å². The maximum Gasteiger partial charge on any atom is 0.0343 e. The summed E-state index contributed by atoms with van der Waals surface area (Å²) in [6, 6.07) is 4.09. The number of pyridine rings is 1. The average molecular weight is 157 g/mol. The lowest BCUT2D eigenvalue weighted by Gasteiger charge is -2.07. The molecule has 60 valence electrons. The van der Waals surface area contributed by atoms with Crippen LogP contribution in [0.15, 0.2) is 42.8 Å². The van der Waals surface area contributed by atoms with Crippen molar-refractivity contribution in [2.75, 3.05) is 0 Å². The van der Waals surface area contributed by atoms with Crippen LogP contribution in [0, 0.1) is 0 Å². The molecule has 0 N–H and O–H groups in total. The lowest BCUT2D eigenvalue weighted by Crippen LogP contribution is -1.87. The second kappa shape index (κ2) is 3.35. The van der Waals surface area contributed by atoms with Gasteiger partial charge in [-0.15, -0.1) is 0 Å². The van der Waals surface area contributed by atoms with Crippen LogP contribution in [0.1, 0.15) is 18.4 Å². The number of aromatic nitrogens is 1. The molecule has 0 unspecified atom stereocenters. The summed E-state index contributed by atoms with van der Waals surface area (Å²) in [5, 5.41) is 0. The van der Waals surface area contributed by atoms with Crippen LogP contribution >= 0.6 is 0 Å². The first-order valence-corrected chi connectivity index (χ1v) is 4.23. The molecule has 1 aliphatic carbocycles. The Balaban J connectivity index is 2.31. The maximum atomic E-state index is 4.09. The first-order valence-electron chi connectivity index (χ1n) is 4.23. The van der Waals surface area contributed by atoms with Crippen LogP contribution < -0.4 is 0 Å². The Morgan fingerprint density at radius 1 is 1.33 bits per heavy atom. The van der Waals surface area contributed by atoms with Crippen molar-refractivity contribution in [2.45, 2.75) is 12.8 Å². The second-order valence-electron chi connectivity index (χ2n) is 2.90. The van der Waals surface area contributed by atoms with E-state index in [-0.39, 0.29) is 0 Å². The molecule has 0 aliphatic heterocycles. The molecule has 0 fully saturated rings. The summed E-state index contributed by atoms with van der Waals surface area (Å²) in [5.74, 6) is 0. The third-order valence-electron chi connectivity index (χ3n) is 2.05. The Kier molecular flexibility index (Phi) is 2.04. The van der Waals surface area contributed by atoms with Gasteiger partial charge in [0.15, 0.2) is 0 Å². The molecule has 0 atom stereocenters. The molecule has 1 aliphatic rings. The van der Waals surface area contributed by atoms with E-state index in [0.717, 1.165) is 12.8 Å². The van der Waals surface area contributed by atoms with Gasteiger partial charge in [-0.2, -0.15) is 0 Å². The molecular formula is C11H11N. The third-order valence-corrected chi connectivity index (χ3v) is 2.05. The molecular weight excluding hydrogens is 146 g/mol. The summed E-state index contributed by atoms with van der Waals surface area (Å²) in [6.45, 7) is 0. The molecule has 0 saturated carbocycles. The predicted octanol–water partition coefficient (Wildman–Crippen LogP) is 2.82. The van der Waals surface area contributed by atoms with Crippen molar-refractivity contribution in [2.24, 2.45) is 0 Å². The van der Waals surface area contributed by atoms with Crippen molar-refractivity contribution in [3.63, 3.8) is 0 Å². The third kappa shape index (κ3) is 1.45. The smallest absolute Gasteiger partial charge is 0.0343 e. The summed E-state index contributed by atoms with van der Waals surface area (Å²) >= 11 is 0. The highest BCUT2D eigenvalue weighted by atomic mass is 14.6. The average Bonchev–Trinajstić information content (AvgIpc) is 2.21. The van der Waals surface area contributed by atoms with Crippen molar-refractivity contribution in [3.05, 3.63) is 48.3 Å². The van der Waals surface area contributed by atoms with E-state index in [1.54, 1.807) is 0 Å². The van der Waals surface area contributed by atoms with Crippen LogP contribution in [-0.2, 0) is 0 Å². The van der Waals surface area contributed by atoms with Gasteiger partial charge in [-0.25, -0.2) is 0 Å². The van der Waals surface area contributed by atoms with E-state index in [9.17, 15) is 0 Å². The Hall–Kier alpha value is -1.37. The topological polar surface area (TPSA) is 12.9 Å². The Morgan fingerprint density at radius 3 is 3.00 bits per heavy atom. The monoisotopic (exact) mass is 157 g/mol. The van der Waals surface area contributed by atoms with Crippen molar-refractivity contribution in [1.82, 2.24) is 4.98 Å². The van der Waals surface area contributed by atoms with Crippen molar-refractivity contribution >= 4 is 5.57 Å². The highest BCUT2D eigenvalue weighted by molar-refractivity contribution is 5.67. The van der Waals surface area contributed by atoms with Crippen LogP contribution in [0.3, 0.4) is 0 Å². The van der Waals surface area contributed by atoms with Crippen LogP contribution in [0.25, 0.3) is 5.57 Å². The highest BCUT2D eigenvalue weighted by Gasteiger charge is 2.01. The van der Waals surface area contributed by atoms with E-state index in [1.165, 1.54) is 11.1 Å². The van der Waals surface area contributed by atoms with E-state index < -0.39 is 0 Å². The van der Waals surface area contributed by atoms with Gasteiger partial charge >= 0.3 is 0 Å². The predicted molar refractivity (Wildman–Crippen MR) is 50.6 cm³/mol. The molecule has 12 heavy (non-hydrogen) atoms. The largest absolute Gasteiger partial charge is 0.264 e. The second-order valence-corrected chi connectivity index (χ2v) is 2.90. The molecule has 1 aromatic heterocycles. The zero-order valence-corrected chi connectivity index (χ0v) is 6.90. The van der Waals surface area contributed by atoms with Crippen LogP contribution in [0.5, 0.6) is 0 Å². The zero-order chi connectivity index (χ0) is 8.23. The van der Waals surface area contributed by atoms with Gasteiger partial charge in [0.25, 0.3) is 0 Å². The molecule has 2 rings (SSSR count). The number of allylic oxidation sites excluding steroid dienone is 4. The highest BCUT2D eigenvalue weighted by Crippen LogP contribution is 2.21. The summed E-state index contributed by atoms with van der Waals surface area (Å²) in [5.41, 5.74) is 2.65. The summed E-state index contributed by atoms with van der Waals surface area (Å²) in [4.78, 5) is 4.09. The quantitative estimate of drug-likeness (QED) is 0.610. The minimum Gasteiger partial charge on any atom is -0.264 e. The molecule has 0 saturated heterocycles. The Morgan fingerprint density at radius 2 is 2.33 bits per heavy atom. The first-order chi connectivity index (χ1) is 5.97. The lowest BCUT2D eigenvalue weighted by molar-refractivity contribution is 1.05. The molecule has 0 spiro atoms. The summed E-state index contributed by atoms with van der Waals surface area (Å²) < 4.78 is 0. The van der Waals surface area contributed by atoms with Gasteiger partial charge in [0.2, 0.25) is 0 Å². The molecule has 1 heterocycles. The molecule has 1 heteroatoms. The minimum atomic E-state index is 1.14. The standard InChI is InChI=1S/C11H11N/c1-2-5-10(6-3-1)11-7-4-8-12-9-11/h1-2,4-5,7-9H,3,6H2. The molecule has 0 aromatic carbocycles. The van der Waals surface area contributed by atoms with Crippen molar-refractivity contribution < 1.29 is 0 Å². The van der Waals surface area contributed by atoms with Gasteiger partial charge in [0.05, 0.1) is 0 Å². The van der Waals surface area contributed by atoms with Gasteiger partial charge in [0.1, 0.15) is 0 Å². The van der Waals surface area contributed by atoms with Crippen molar-refractivity contribution in [1.29, 1.82) is 0 Å². The van der Waals surface area contributed by atoms with Gasteiger partial charge < -0.3 is 0 Å². The van der Waals surface area contributed by atoms with E-state index >= 15 is 0 Å². The maximum absolute atomic E-state index is 4.09. The number of rotatable bonds is 1. The van der Waals surface area contributed by atoms with Gasteiger partial charge in [-0.3, -0.25) is 4.98 Å². The molecule has 0 radical (unpaired) electrons. The van der Waals surface area contributed by atoms with Crippen LogP contribution in [-0.4, -0.2) is 4.98 Å². The Bertz CT molecular complexity index is 309. The van der Waals surface area contributed by atoms with E-state index in [2.05, 4.69) is 29.3 Å². The number of nitrogens with zero attached hydrogens (tertiary/aromatic N) is 1. The number of hydrogen-bond donors (Lipinski definition) is 0. The number of hydrogen-bond acceptors (Lipinski definition) is 1. The van der Waals surface area contributed by atoms with Gasteiger partial charge in [-0.1, -0.05) is 24.3 Å². The van der Waals surface area contributed by atoms with E-state index in [1.807, 2.05) is 18.5 Å². The molecule has 0 bridgehead atoms. The van der Waals surface area contributed by atoms with Gasteiger partial charge in [-0.05, 0) is 30.0 Å². The van der Waals surface area contributed by atoms with E-state index in [0.29, 0.717) is 0 Å². The summed E-state index contributed by atoms with van der Waals surface area (Å²) in [6.07, 6.45) is 12.5. The molecule has 1 nitrogen and oxygen atoms in total. The zero-order valence-electron chi connectivity index (χ0n) is 6.90. The van der Waals surface area contributed by atoms with Gasteiger partial charge in [0, 0.05) is 12.4 Å². The Labute approximate surface area is 72.5 Å². The fourth-order valence-electron chi connectivity index (χ4n) is 1.40. The molecule has 1 aromatic rings. The lowest BCUT2D eigenvalue weighted by atomic mass is 9.99. The minimum absolute atomic E-state index is 1.14. The van der Waals surface area contributed by atoms with Crippen molar-refractivity contribution in [3.8, 4) is 0 Å². The van der Waals surface area contributed by atoms with E-state index in [4.69, 9.17) is 0 Å². The normalized spacial score (nSPS) is 15.8. The first kappa shape index (κ1) is 7.29.